The van der Waals surface area contributed by atoms with Gasteiger partial charge in [-0.05, 0) is 13.0 Å². The van der Waals surface area contributed by atoms with Crippen LogP contribution in [0, 0.1) is 0 Å². The molecule has 2 rings (SSSR count). The van der Waals surface area contributed by atoms with Crippen LogP contribution in [-0.2, 0) is 11.3 Å². The molecule has 5 nitrogen and oxygen atoms in total. The van der Waals surface area contributed by atoms with Crippen LogP contribution in [0.25, 0.3) is 0 Å². The van der Waals surface area contributed by atoms with Crippen molar-refractivity contribution < 1.29 is 14.6 Å². The number of nitrogens with zero attached hydrogens (tertiary/aromatic N) is 1. The number of aliphatic hydroxyl groups excluding tert-OH is 1. The van der Waals surface area contributed by atoms with E-state index in [1.54, 1.807) is 0 Å². The summed E-state index contributed by atoms with van der Waals surface area (Å²) in [7, 11) is 0. The van der Waals surface area contributed by atoms with Gasteiger partial charge in [-0.2, -0.15) is 0 Å². The molecule has 1 aliphatic heterocycles. The molecular weight excluding hydrogens is 256 g/mol. The van der Waals surface area contributed by atoms with Gasteiger partial charge in [-0.1, -0.05) is 18.2 Å². The summed E-state index contributed by atoms with van der Waals surface area (Å²) >= 11 is 0. The molecule has 3 N–H and O–H groups in total. The Balaban J connectivity index is 1.82. The topological polar surface area (TPSA) is 68.0 Å². The van der Waals surface area contributed by atoms with Crippen LogP contribution >= 0.6 is 0 Å². The van der Waals surface area contributed by atoms with Crippen LogP contribution in [0.2, 0.25) is 0 Å². The van der Waals surface area contributed by atoms with E-state index in [9.17, 15) is 0 Å². The lowest BCUT2D eigenvalue weighted by Crippen LogP contribution is -2.50. The smallest absolute Gasteiger partial charge is 0.123 e. The highest BCUT2D eigenvalue weighted by Gasteiger charge is 2.25. The van der Waals surface area contributed by atoms with Crippen molar-refractivity contribution in [1.82, 2.24) is 4.90 Å². The fraction of sp³-hybridized carbons (Fsp3) is 0.600. The van der Waals surface area contributed by atoms with Gasteiger partial charge in [0.2, 0.25) is 0 Å². The van der Waals surface area contributed by atoms with E-state index in [-0.39, 0.29) is 12.7 Å². The third-order valence-corrected chi connectivity index (χ3v) is 3.67. The highest BCUT2D eigenvalue weighted by atomic mass is 16.5. The average Bonchev–Trinajstić information content (AvgIpc) is 2.49. The summed E-state index contributed by atoms with van der Waals surface area (Å²) in [6, 6.07) is 8.19. The van der Waals surface area contributed by atoms with Crippen molar-refractivity contribution in [3.05, 3.63) is 29.8 Å². The minimum Gasteiger partial charge on any atom is -0.492 e. The lowest BCUT2D eigenvalue weighted by atomic mass is 10.2. The van der Waals surface area contributed by atoms with Crippen LogP contribution < -0.4 is 10.5 Å². The van der Waals surface area contributed by atoms with Gasteiger partial charge >= 0.3 is 0 Å². The lowest BCUT2D eigenvalue weighted by molar-refractivity contribution is -0.0798. The molecule has 2 atom stereocenters. The van der Waals surface area contributed by atoms with Crippen LogP contribution in [0.1, 0.15) is 12.5 Å². The van der Waals surface area contributed by atoms with E-state index in [1.165, 1.54) is 0 Å². The van der Waals surface area contributed by atoms with Gasteiger partial charge in [0.25, 0.3) is 0 Å². The zero-order valence-corrected chi connectivity index (χ0v) is 12.0. The maximum absolute atomic E-state index is 9.17. The summed E-state index contributed by atoms with van der Waals surface area (Å²) < 4.78 is 11.3. The van der Waals surface area contributed by atoms with E-state index in [2.05, 4.69) is 11.8 Å². The Labute approximate surface area is 120 Å². The molecule has 0 amide bonds. The van der Waals surface area contributed by atoms with E-state index < -0.39 is 0 Å². The molecule has 1 aliphatic rings. The fourth-order valence-corrected chi connectivity index (χ4v) is 2.38. The minimum atomic E-state index is -0.0810. The standard InChI is InChI=1S/C15H24N2O3/c1-12-11-20-14(10-18)9-17(12)6-7-19-15-5-3-2-4-13(15)8-16/h2-5,12,14,18H,6-11,16H2,1H3. The van der Waals surface area contributed by atoms with Crippen LogP contribution in [0.5, 0.6) is 5.75 Å². The molecule has 1 heterocycles. The SMILES string of the molecule is CC1COC(CO)CN1CCOc1ccccc1CN. The Morgan fingerprint density at radius 2 is 2.25 bits per heavy atom. The highest BCUT2D eigenvalue weighted by Crippen LogP contribution is 2.17. The lowest BCUT2D eigenvalue weighted by Gasteiger charge is -2.37. The Hall–Kier alpha value is -1.14. The number of hydrogen-bond donors (Lipinski definition) is 2. The number of benzene rings is 1. The average molecular weight is 280 g/mol. The largest absolute Gasteiger partial charge is 0.492 e. The van der Waals surface area contributed by atoms with Crippen LogP contribution in [-0.4, -0.2) is 55.1 Å². The zero-order chi connectivity index (χ0) is 14.4. The Kier molecular flexibility index (Phi) is 5.79. The van der Waals surface area contributed by atoms with Gasteiger partial charge in [-0.3, -0.25) is 4.90 Å². The number of morpholine rings is 1. The Morgan fingerprint density at radius 1 is 1.45 bits per heavy atom. The summed E-state index contributed by atoms with van der Waals surface area (Å²) in [5.41, 5.74) is 6.71. The van der Waals surface area contributed by atoms with Crippen molar-refractivity contribution in [3.8, 4) is 5.75 Å². The van der Waals surface area contributed by atoms with E-state index in [0.29, 0.717) is 25.8 Å². The van der Waals surface area contributed by atoms with Crippen molar-refractivity contribution in [3.63, 3.8) is 0 Å². The maximum Gasteiger partial charge on any atom is 0.123 e. The summed E-state index contributed by atoms with van der Waals surface area (Å²) in [6.45, 7) is 5.52. The quantitative estimate of drug-likeness (QED) is 0.799. The first-order valence-electron chi connectivity index (χ1n) is 7.12. The number of nitrogens with two attached hydrogens (primary N) is 1. The van der Waals surface area contributed by atoms with Gasteiger partial charge in [0.1, 0.15) is 12.4 Å². The second kappa shape index (κ2) is 7.59. The van der Waals surface area contributed by atoms with Gasteiger partial charge in [-0.25, -0.2) is 0 Å². The van der Waals surface area contributed by atoms with Gasteiger partial charge in [-0.15, -0.1) is 0 Å². The first-order chi connectivity index (χ1) is 9.74. The molecule has 5 heteroatoms. The molecule has 0 saturated carbocycles. The van der Waals surface area contributed by atoms with E-state index in [1.807, 2.05) is 24.3 Å². The molecule has 0 aromatic heterocycles. The van der Waals surface area contributed by atoms with Crippen molar-refractivity contribution in [2.24, 2.45) is 5.73 Å². The number of rotatable bonds is 6. The number of ether oxygens (including phenoxy) is 2. The second-order valence-corrected chi connectivity index (χ2v) is 5.14. The Morgan fingerprint density at radius 3 is 3.00 bits per heavy atom. The molecule has 0 bridgehead atoms. The van der Waals surface area contributed by atoms with Gasteiger partial charge < -0.3 is 20.3 Å². The second-order valence-electron chi connectivity index (χ2n) is 5.14. The zero-order valence-electron chi connectivity index (χ0n) is 12.0. The van der Waals surface area contributed by atoms with Crippen molar-refractivity contribution in [1.29, 1.82) is 0 Å². The summed E-state index contributed by atoms with van der Waals surface area (Å²) in [6.07, 6.45) is -0.0810. The monoisotopic (exact) mass is 280 g/mol. The predicted octanol–water partition coefficient (Wildman–Crippen LogP) is 0.606. The molecule has 112 valence electrons. The molecule has 2 unspecified atom stereocenters. The van der Waals surface area contributed by atoms with Crippen molar-refractivity contribution in [2.45, 2.75) is 25.6 Å². The molecule has 1 aromatic carbocycles. The third kappa shape index (κ3) is 3.93. The first kappa shape index (κ1) is 15.3. The summed E-state index contributed by atoms with van der Waals surface area (Å²) in [5.74, 6) is 0.856. The molecule has 1 saturated heterocycles. The normalized spacial score (nSPS) is 23.8. The number of hydrogen-bond acceptors (Lipinski definition) is 5. The fourth-order valence-electron chi connectivity index (χ4n) is 2.38. The molecule has 1 aromatic rings. The van der Waals surface area contributed by atoms with Crippen LogP contribution in [0.3, 0.4) is 0 Å². The van der Waals surface area contributed by atoms with Crippen LogP contribution in [0.4, 0.5) is 0 Å². The Bertz CT molecular complexity index is 414. The third-order valence-electron chi connectivity index (χ3n) is 3.67. The van der Waals surface area contributed by atoms with E-state index in [0.717, 1.165) is 24.4 Å². The molecule has 1 fully saturated rings. The van der Waals surface area contributed by atoms with Crippen molar-refractivity contribution >= 4 is 0 Å². The van der Waals surface area contributed by atoms with E-state index in [4.69, 9.17) is 20.3 Å². The summed E-state index contributed by atoms with van der Waals surface area (Å²) in [5, 5.41) is 9.17. The van der Waals surface area contributed by atoms with Gasteiger partial charge in [0.05, 0.1) is 19.3 Å². The molecule has 20 heavy (non-hydrogen) atoms. The molecule has 0 spiro atoms. The van der Waals surface area contributed by atoms with Crippen LogP contribution in [0.15, 0.2) is 24.3 Å². The predicted molar refractivity (Wildman–Crippen MR) is 77.7 cm³/mol. The summed E-state index contributed by atoms with van der Waals surface area (Å²) in [4.78, 5) is 2.29. The molecule has 0 aliphatic carbocycles. The van der Waals surface area contributed by atoms with E-state index >= 15 is 0 Å². The van der Waals surface area contributed by atoms with Gasteiger partial charge in [0.15, 0.2) is 0 Å². The van der Waals surface area contributed by atoms with Crippen molar-refractivity contribution in [2.75, 3.05) is 32.9 Å². The minimum absolute atomic E-state index is 0.0695. The number of aliphatic hydroxyl groups is 1. The molecule has 0 radical (unpaired) electrons. The molecular formula is C15H24N2O3. The first-order valence-corrected chi connectivity index (χ1v) is 7.12. The maximum atomic E-state index is 9.17. The van der Waals surface area contributed by atoms with Gasteiger partial charge in [0, 0.05) is 31.2 Å². The number of para-hydroxylation sites is 1. The highest BCUT2D eigenvalue weighted by molar-refractivity contribution is 5.32.